The second kappa shape index (κ2) is 7.62. The van der Waals surface area contributed by atoms with E-state index in [1.165, 1.54) is 29.3 Å². The highest BCUT2D eigenvalue weighted by molar-refractivity contribution is 8.00. The molecule has 1 aliphatic rings. The normalized spacial score (nSPS) is 12.9. The van der Waals surface area contributed by atoms with Gasteiger partial charge in [-0.1, -0.05) is 43.0 Å². The summed E-state index contributed by atoms with van der Waals surface area (Å²) in [5, 5.41) is 10.7. The van der Waals surface area contributed by atoms with Gasteiger partial charge in [-0.15, -0.1) is 0 Å². The monoisotopic (exact) mass is 411 g/mol. The molecule has 2 aromatic heterocycles. The zero-order valence-corrected chi connectivity index (χ0v) is 17.6. The maximum atomic E-state index is 12.9. The van der Waals surface area contributed by atoms with Crippen LogP contribution in [0, 0.1) is 11.3 Å². The van der Waals surface area contributed by atoms with Crippen LogP contribution < -0.4 is 0 Å². The second-order valence-electron chi connectivity index (χ2n) is 7.66. The van der Waals surface area contributed by atoms with Crippen LogP contribution in [0.15, 0.2) is 53.6 Å². The van der Waals surface area contributed by atoms with Crippen molar-refractivity contribution < 1.29 is 4.79 Å². The Hall–Kier alpha value is -3.10. The van der Waals surface area contributed by atoms with Crippen LogP contribution >= 0.6 is 11.8 Å². The molecule has 2 aromatic carbocycles. The van der Waals surface area contributed by atoms with Crippen molar-refractivity contribution in [3.63, 3.8) is 0 Å². The van der Waals surface area contributed by atoms with Crippen LogP contribution in [0.5, 0.6) is 0 Å². The third kappa shape index (κ3) is 3.09. The molecule has 0 radical (unpaired) electrons. The van der Waals surface area contributed by atoms with Gasteiger partial charge in [-0.25, -0.2) is 4.98 Å². The minimum absolute atomic E-state index is 0.134. The second-order valence-corrected chi connectivity index (χ2v) is 8.65. The van der Waals surface area contributed by atoms with Gasteiger partial charge in [-0.3, -0.25) is 9.20 Å². The molecular weight excluding hydrogens is 390 g/mol. The summed E-state index contributed by atoms with van der Waals surface area (Å²) < 4.78 is 2.02. The van der Waals surface area contributed by atoms with E-state index in [1.807, 2.05) is 47.7 Å². The molecule has 5 heteroatoms. The predicted molar refractivity (Wildman–Crippen MR) is 120 cm³/mol. The SMILES string of the molecule is CCc1cc(SCC(=O)c2ccc3c(c2)CCC3)n2c(nc3ccccc32)c1C#N. The van der Waals surface area contributed by atoms with Gasteiger partial charge in [0.25, 0.3) is 0 Å². The van der Waals surface area contributed by atoms with Gasteiger partial charge in [-0.2, -0.15) is 5.26 Å². The van der Waals surface area contributed by atoms with Crippen molar-refractivity contribution >= 4 is 34.2 Å². The van der Waals surface area contributed by atoms with Crippen molar-refractivity contribution in [1.29, 1.82) is 5.26 Å². The van der Waals surface area contributed by atoms with Crippen molar-refractivity contribution in [3.8, 4) is 6.07 Å². The summed E-state index contributed by atoms with van der Waals surface area (Å²) in [6.45, 7) is 2.04. The minimum Gasteiger partial charge on any atom is -0.293 e. The lowest BCUT2D eigenvalue weighted by molar-refractivity contribution is 0.102. The van der Waals surface area contributed by atoms with E-state index >= 15 is 0 Å². The summed E-state index contributed by atoms with van der Waals surface area (Å²) >= 11 is 1.52. The molecule has 0 saturated carbocycles. The molecule has 0 bridgehead atoms. The Morgan fingerprint density at radius 1 is 1.17 bits per heavy atom. The number of carbonyl (C=O) groups excluding carboxylic acids is 1. The first-order valence-corrected chi connectivity index (χ1v) is 11.3. The maximum Gasteiger partial charge on any atom is 0.173 e. The Balaban J connectivity index is 1.54. The fourth-order valence-electron chi connectivity index (χ4n) is 4.32. The van der Waals surface area contributed by atoms with E-state index in [1.54, 1.807) is 0 Å². The summed E-state index contributed by atoms with van der Waals surface area (Å²) in [6.07, 6.45) is 4.11. The largest absolute Gasteiger partial charge is 0.293 e. The summed E-state index contributed by atoms with van der Waals surface area (Å²) in [5.74, 6) is 0.491. The number of nitrogens with zero attached hydrogens (tertiary/aromatic N) is 3. The van der Waals surface area contributed by atoms with Crippen molar-refractivity contribution in [2.24, 2.45) is 0 Å². The minimum atomic E-state index is 0.134. The fourth-order valence-corrected chi connectivity index (χ4v) is 5.31. The van der Waals surface area contributed by atoms with Crippen molar-refractivity contribution in [2.45, 2.75) is 37.6 Å². The third-order valence-corrected chi connectivity index (χ3v) is 6.89. The van der Waals surface area contributed by atoms with Gasteiger partial charge in [0.05, 0.1) is 27.4 Å². The Bertz CT molecular complexity index is 1350. The zero-order valence-electron chi connectivity index (χ0n) is 16.8. The Kier molecular flexibility index (Phi) is 4.80. The Morgan fingerprint density at radius 3 is 2.83 bits per heavy atom. The van der Waals surface area contributed by atoms with E-state index in [0.29, 0.717) is 17.0 Å². The van der Waals surface area contributed by atoms with Gasteiger partial charge in [0, 0.05) is 5.56 Å². The number of carbonyl (C=O) groups is 1. The molecule has 0 unspecified atom stereocenters. The lowest BCUT2D eigenvalue weighted by Crippen LogP contribution is -2.05. The molecular formula is C25H21N3OS. The molecule has 2 heterocycles. The van der Waals surface area contributed by atoms with Crippen LogP contribution in [0.1, 0.15) is 46.0 Å². The highest BCUT2D eigenvalue weighted by atomic mass is 32.2. The molecule has 0 atom stereocenters. The van der Waals surface area contributed by atoms with E-state index in [4.69, 9.17) is 4.98 Å². The van der Waals surface area contributed by atoms with Gasteiger partial charge in [0.15, 0.2) is 11.4 Å². The number of Topliss-reactive ketones (excluding diaryl/α,β-unsaturated/α-hetero) is 1. The number of hydrogen-bond acceptors (Lipinski definition) is 4. The number of hydrogen-bond donors (Lipinski definition) is 0. The van der Waals surface area contributed by atoms with Crippen LogP contribution in [-0.4, -0.2) is 20.9 Å². The lowest BCUT2D eigenvalue weighted by Gasteiger charge is -2.11. The molecule has 1 aliphatic carbocycles. The number of aromatic nitrogens is 2. The number of ketones is 1. The Morgan fingerprint density at radius 2 is 2.00 bits per heavy atom. The zero-order chi connectivity index (χ0) is 20.7. The van der Waals surface area contributed by atoms with E-state index in [9.17, 15) is 10.1 Å². The van der Waals surface area contributed by atoms with Crippen LogP contribution in [-0.2, 0) is 19.3 Å². The third-order valence-electron chi connectivity index (χ3n) is 5.89. The number of nitriles is 1. The van der Waals surface area contributed by atoms with E-state index in [2.05, 4.69) is 18.2 Å². The van der Waals surface area contributed by atoms with Gasteiger partial charge < -0.3 is 0 Å². The molecule has 0 saturated heterocycles. The van der Waals surface area contributed by atoms with Gasteiger partial charge in [-0.05, 0) is 66.6 Å². The van der Waals surface area contributed by atoms with Crippen LogP contribution in [0.2, 0.25) is 0 Å². The van der Waals surface area contributed by atoms with E-state index in [0.717, 1.165) is 46.4 Å². The number of pyridine rings is 1. The molecule has 0 amide bonds. The molecule has 0 aliphatic heterocycles. The van der Waals surface area contributed by atoms with Crippen LogP contribution in [0.4, 0.5) is 0 Å². The van der Waals surface area contributed by atoms with Gasteiger partial charge in [0.2, 0.25) is 0 Å². The molecule has 30 heavy (non-hydrogen) atoms. The topological polar surface area (TPSA) is 58.2 Å². The number of thioether (sulfide) groups is 1. The molecule has 5 rings (SSSR count). The highest BCUT2D eigenvalue weighted by Gasteiger charge is 2.18. The van der Waals surface area contributed by atoms with Crippen molar-refractivity contribution in [3.05, 3.63) is 76.3 Å². The molecule has 148 valence electrons. The molecule has 0 fully saturated rings. The molecule has 0 spiro atoms. The average molecular weight is 412 g/mol. The summed E-state index contributed by atoms with van der Waals surface area (Å²) in [4.78, 5) is 17.7. The van der Waals surface area contributed by atoms with E-state index in [-0.39, 0.29) is 5.78 Å². The van der Waals surface area contributed by atoms with Crippen LogP contribution in [0.3, 0.4) is 0 Å². The standard InChI is InChI=1S/C25H21N3OS/c1-2-16-13-24(28-22-9-4-3-8-21(22)27-25(28)20(16)14-26)30-15-23(29)19-11-10-17-6-5-7-18(17)12-19/h3-4,8-13H,2,5-7,15H2,1H3. The quantitative estimate of drug-likeness (QED) is 0.327. The van der Waals surface area contributed by atoms with Crippen molar-refractivity contribution in [2.75, 3.05) is 5.75 Å². The van der Waals surface area contributed by atoms with Gasteiger partial charge >= 0.3 is 0 Å². The smallest absolute Gasteiger partial charge is 0.173 e. The summed E-state index contributed by atoms with van der Waals surface area (Å²) in [5.41, 5.74) is 7.56. The summed E-state index contributed by atoms with van der Waals surface area (Å²) in [6, 6.07) is 18.4. The predicted octanol–water partition coefficient (Wildman–Crippen LogP) is 5.39. The number of para-hydroxylation sites is 2. The van der Waals surface area contributed by atoms with Crippen molar-refractivity contribution in [1.82, 2.24) is 9.38 Å². The van der Waals surface area contributed by atoms with Crippen LogP contribution in [0.25, 0.3) is 16.7 Å². The number of benzene rings is 2. The maximum absolute atomic E-state index is 12.9. The first-order chi connectivity index (χ1) is 14.7. The lowest BCUT2D eigenvalue weighted by atomic mass is 10.0. The summed E-state index contributed by atoms with van der Waals surface area (Å²) in [7, 11) is 0. The highest BCUT2D eigenvalue weighted by Crippen LogP contribution is 2.31. The molecule has 4 aromatic rings. The number of aryl methyl sites for hydroxylation is 3. The fraction of sp³-hybridized carbons (Fsp3) is 0.240. The molecule has 0 N–H and O–H groups in total. The average Bonchev–Trinajstić information content (AvgIpc) is 3.40. The first kappa shape index (κ1) is 18.9. The van der Waals surface area contributed by atoms with Gasteiger partial charge in [0.1, 0.15) is 6.07 Å². The Labute approximate surface area is 179 Å². The first-order valence-electron chi connectivity index (χ1n) is 10.3. The van der Waals surface area contributed by atoms with E-state index < -0.39 is 0 Å². The number of imidazole rings is 1. The number of fused-ring (bicyclic) bond motifs is 4. The number of rotatable bonds is 5. The molecule has 4 nitrogen and oxygen atoms in total.